The van der Waals surface area contributed by atoms with E-state index in [1.165, 1.54) is 11.3 Å². The summed E-state index contributed by atoms with van der Waals surface area (Å²) in [7, 11) is -3.89. The predicted octanol–water partition coefficient (Wildman–Crippen LogP) is 4.85. The van der Waals surface area contributed by atoms with E-state index in [1.54, 1.807) is 31.2 Å². The first-order valence-corrected chi connectivity index (χ1v) is 10.9. The largest absolute Gasteiger partial charge is 0.315 e. The Kier molecular flexibility index (Phi) is 4.93. The monoisotopic (exact) mass is 407 g/mol. The molecule has 0 unspecified atom stereocenters. The van der Waals surface area contributed by atoms with E-state index in [1.807, 2.05) is 54.6 Å². The summed E-state index contributed by atoms with van der Waals surface area (Å²) < 4.78 is 31.0. The quantitative estimate of drug-likeness (QED) is 0.388. The smallest absolute Gasteiger partial charge is 0.284 e. The van der Waals surface area contributed by atoms with Crippen molar-refractivity contribution >= 4 is 42.5 Å². The van der Waals surface area contributed by atoms with E-state index in [2.05, 4.69) is 14.7 Å². The fraction of sp³-hybridized carbons (Fsp3) is 0.0476. The van der Waals surface area contributed by atoms with Gasteiger partial charge in [-0.05, 0) is 30.7 Å². The van der Waals surface area contributed by atoms with Crippen molar-refractivity contribution in [2.45, 2.75) is 11.8 Å². The van der Waals surface area contributed by atoms with Crippen LogP contribution in [0.5, 0.6) is 0 Å². The van der Waals surface area contributed by atoms with Crippen molar-refractivity contribution in [1.82, 2.24) is 4.98 Å². The molecule has 0 aliphatic heterocycles. The summed E-state index contributed by atoms with van der Waals surface area (Å²) in [6, 6.07) is 23.7. The molecule has 0 amide bonds. The van der Waals surface area contributed by atoms with Crippen LogP contribution in [0.4, 0.5) is 5.13 Å². The molecular formula is C21H17N3O2S2. The Labute approximate surface area is 167 Å². The molecule has 1 heterocycles. The Morgan fingerprint density at radius 3 is 2.36 bits per heavy atom. The molecule has 0 aliphatic carbocycles. The molecule has 7 heteroatoms. The van der Waals surface area contributed by atoms with Crippen molar-refractivity contribution < 1.29 is 8.42 Å². The van der Waals surface area contributed by atoms with Crippen LogP contribution < -0.4 is 5.32 Å². The van der Waals surface area contributed by atoms with E-state index in [4.69, 9.17) is 0 Å². The lowest BCUT2D eigenvalue weighted by molar-refractivity contribution is 0.597. The van der Waals surface area contributed by atoms with Gasteiger partial charge in [0.1, 0.15) is 0 Å². The number of rotatable bonds is 4. The molecule has 1 aromatic heterocycles. The number of fused-ring (bicyclic) bond motifs is 1. The number of sulfonamides is 1. The minimum Gasteiger partial charge on any atom is -0.315 e. The van der Waals surface area contributed by atoms with E-state index >= 15 is 0 Å². The fourth-order valence-corrected chi connectivity index (χ4v) is 4.87. The first-order chi connectivity index (χ1) is 13.5. The van der Waals surface area contributed by atoms with Crippen LogP contribution in [0.3, 0.4) is 0 Å². The third-order valence-corrected chi connectivity index (χ3v) is 6.54. The molecule has 0 aliphatic rings. The molecule has 0 fully saturated rings. The van der Waals surface area contributed by atoms with Crippen molar-refractivity contribution in [2.75, 3.05) is 5.32 Å². The maximum absolute atomic E-state index is 13.0. The normalized spacial score (nSPS) is 12.2. The summed E-state index contributed by atoms with van der Waals surface area (Å²) in [5.74, 6) is 0.239. The zero-order valence-electron chi connectivity index (χ0n) is 15.0. The number of nitrogens with one attached hydrogen (secondary N) is 1. The highest BCUT2D eigenvalue weighted by Gasteiger charge is 2.18. The third kappa shape index (κ3) is 3.81. The van der Waals surface area contributed by atoms with Gasteiger partial charge in [0.25, 0.3) is 10.0 Å². The highest BCUT2D eigenvalue weighted by Crippen LogP contribution is 2.26. The Bertz CT molecular complexity index is 1230. The highest BCUT2D eigenvalue weighted by molar-refractivity contribution is 7.90. The van der Waals surface area contributed by atoms with E-state index in [9.17, 15) is 8.42 Å². The molecule has 3 aromatic carbocycles. The van der Waals surface area contributed by atoms with Crippen molar-refractivity contribution in [2.24, 2.45) is 4.40 Å². The van der Waals surface area contributed by atoms with Crippen LogP contribution in [0.15, 0.2) is 88.2 Å². The number of amidine groups is 1. The van der Waals surface area contributed by atoms with Gasteiger partial charge in [0.15, 0.2) is 11.0 Å². The van der Waals surface area contributed by atoms with Crippen LogP contribution in [0.25, 0.3) is 10.2 Å². The van der Waals surface area contributed by atoms with E-state index in [0.29, 0.717) is 16.3 Å². The molecule has 28 heavy (non-hydrogen) atoms. The first-order valence-electron chi connectivity index (χ1n) is 8.61. The van der Waals surface area contributed by atoms with Gasteiger partial charge in [0.05, 0.1) is 15.1 Å². The van der Waals surface area contributed by atoms with Gasteiger partial charge in [-0.15, -0.1) is 4.40 Å². The number of nitrogens with zero attached hydrogens (tertiary/aromatic N) is 2. The number of anilines is 1. The molecule has 0 saturated carbocycles. The number of hydrogen-bond donors (Lipinski definition) is 1. The molecule has 0 atom stereocenters. The van der Waals surface area contributed by atoms with Gasteiger partial charge in [0, 0.05) is 5.56 Å². The summed E-state index contributed by atoms with van der Waals surface area (Å²) >= 11 is 1.45. The molecule has 0 radical (unpaired) electrons. The fourth-order valence-electron chi connectivity index (χ4n) is 2.79. The molecule has 140 valence electrons. The molecule has 4 rings (SSSR count). The molecule has 1 N–H and O–H groups in total. The van der Waals surface area contributed by atoms with Gasteiger partial charge in [-0.25, -0.2) is 4.98 Å². The second-order valence-corrected chi connectivity index (χ2v) is 8.76. The number of aryl methyl sites for hydroxylation is 1. The Balaban J connectivity index is 1.80. The summed E-state index contributed by atoms with van der Waals surface area (Å²) in [6.07, 6.45) is 0. The Morgan fingerprint density at radius 1 is 0.929 bits per heavy atom. The van der Waals surface area contributed by atoms with Crippen LogP contribution in [-0.2, 0) is 10.0 Å². The summed E-state index contributed by atoms with van der Waals surface area (Å²) in [4.78, 5) is 4.72. The van der Waals surface area contributed by atoms with Crippen LogP contribution in [0, 0.1) is 6.92 Å². The van der Waals surface area contributed by atoms with Gasteiger partial charge >= 0.3 is 0 Å². The lowest BCUT2D eigenvalue weighted by Gasteiger charge is -2.09. The summed E-state index contributed by atoms with van der Waals surface area (Å²) in [5.41, 5.74) is 2.17. The van der Waals surface area contributed by atoms with E-state index in [0.717, 1.165) is 10.2 Å². The molecule has 0 saturated heterocycles. The Morgan fingerprint density at radius 2 is 1.61 bits per heavy atom. The lowest BCUT2D eigenvalue weighted by atomic mass is 10.2. The van der Waals surface area contributed by atoms with Crippen molar-refractivity contribution in [1.29, 1.82) is 0 Å². The van der Waals surface area contributed by atoms with E-state index < -0.39 is 10.0 Å². The third-order valence-electron chi connectivity index (χ3n) is 4.15. The van der Waals surface area contributed by atoms with Crippen LogP contribution >= 0.6 is 11.3 Å². The van der Waals surface area contributed by atoms with Crippen molar-refractivity contribution in [3.63, 3.8) is 0 Å². The maximum atomic E-state index is 13.0. The molecular weight excluding hydrogens is 390 g/mol. The minimum absolute atomic E-state index is 0.189. The number of thiazole rings is 1. The van der Waals surface area contributed by atoms with Crippen LogP contribution in [0.1, 0.15) is 11.1 Å². The zero-order chi connectivity index (χ0) is 19.6. The second-order valence-electron chi connectivity index (χ2n) is 6.16. The zero-order valence-corrected chi connectivity index (χ0v) is 16.7. The molecule has 0 bridgehead atoms. The lowest BCUT2D eigenvalue weighted by Crippen LogP contribution is -2.16. The number of hydrogen-bond acceptors (Lipinski definition) is 4. The summed E-state index contributed by atoms with van der Waals surface area (Å²) in [5, 5.41) is 3.70. The molecule has 0 spiro atoms. The van der Waals surface area contributed by atoms with Crippen LogP contribution in [-0.4, -0.2) is 19.2 Å². The number of para-hydroxylation sites is 1. The number of benzene rings is 3. The minimum atomic E-state index is -3.89. The topological polar surface area (TPSA) is 71.4 Å². The SMILES string of the molecule is Cc1ccccc1S(=O)(=O)/N=C(\Nc1nc2ccccc2s1)c1ccccc1. The molecule has 4 aromatic rings. The average molecular weight is 408 g/mol. The average Bonchev–Trinajstić information content (AvgIpc) is 3.10. The van der Waals surface area contributed by atoms with Crippen LogP contribution in [0.2, 0.25) is 0 Å². The van der Waals surface area contributed by atoms with Crippen molar-refractivity contribution in [3.05, 3.63) is 90.0 Å². The summed E-state index contributed by atoms with van der Waals surface area (Å²) in [6.45, 7) is 1.76. The van der Waals surface area contributed by atoms with Gasteiger partial charge in [0.2, 0.25) is 0 Å². The second kappa shape index (κ2) is 7.53. The first kappa shape index (κ1) is 18.3. The van der Waals surface area contributed by atoms with Gasteiger partial charge in [-0.2, -0.15) is 8.42 Å². The predicted molar refractivity (Wildman–Crippen MR) is 115 cm³/mol. The van der Waals surface area contributed by atoms with Gasteiger partial charge < -0.3 is 5.32 Å². The Hall–Kier alpha value is -3.03. The molecule has 5 nitrogen and oxygen atoms in total. The maximum Gasteiger partial charge on any atom is 0.284 e. The standard InChI is InChI=1S/C21H17N3O2S2/c1-15-9-5-8-14-19(15)28(25,26)24-20(16-10-3-2-4-11-16)23-21-22-17-12-6-7-13-18(17)27-21/h2-14H,1H3,(H,22,23,24). The van der Waals surface area contributed by atoms with Gasteiger partial charge in [-0.1, -0.05) is 72.0 Å². The van der Waals surface area contributed by atoms with E-state index in [-0.39, 0.29) is 10.7 Å². The number of aromatic nitrogens is 1. The highest BCUT2D eigenvalue weighted by atomic mass is 32.2. The van der Waals surface area contributed by atoms with Gasteiger partial charge in [-0.3, -0.25) is 0 Å². The van der Waals surface area contributed by atoms with Crippen molar-refractivity contribution in [3.8, 4) is 0 Å².